The van der Waals surface area contributed by atoms with E-state index in [2.05, 4.69) is 34.9 Å². The van der Waals surface area contributed by atoms with Crippen molar-refractivity contribution in [2.24, 2.45) is 5.92 Å². The van der Waals surface area contributed by atoms with Gasteiger partial charge in [0, 0.05) is 17.2 Å². The van der Waals surface area contributed by atoms with E-state index in [1.807, 2.05) is 30.3 Å². The van der Waals surface area contributed by atoms with Gasteiger partial charge in [-0.15, -0.1) is 11.8 Å². The number of fused-ring (bicyclic) bond motifs is 2. The minimum absolute atomic E-state index is 0.0404. The van der Waals surface area contributed by atoms with E-state index in [0.29, 0.717) is 11.7 Å². The van der Waals surface area contributed by atoms with Gasteiger partial charge in [-0.1, -0.05) is 36.4 Å². The second kappa shape index (κ2) is 9.64. The highest BCUT2D eigenvalue weighted by molar-refractivity contribution is 8.04. The van der Waals surface area contributed by atoms with Gasteiger partial charge in [-0.05, 0) is 73.4 Å². The van der Waals surface area contributed by atoms with Crippen molar-refractivity contribution in [1.29, 1.82) is 0 Å². The van der Waals surface area contributed by atoms with Gasteiger partial charge in [0.15, 0.2) is 0 Å². The summed E-state index contributed by atoms with van der Waals surface area (Å²) >= 11 is 1.65. The fourth-order valence-corrected chi connectivity index (χ4v) is 6.57. The number of hydrogen-bond acceptors (Lipinski definition) is 4. The van der Waals surface area contributed by atoms with Crippen molar-refractivity contribution in [2.75, 3.05) is 7.11 Å². The Balaban J connectivity index is 1.21. The van der Waals surface area contributed by atoms with Gasteiger partial charge in [-0.3, -0.25) is 9.59 Å². The minimum Gasteiger partial charge on any atom is -0.497 e. The van der Waals surface area contributed by atoms with Gasteiger partial charge >= 0.3 is 0 Å². The van der Waals surface area contributed by atoms with Crippen molar-refractivity contribution in [1.82, 2.24) is 10.6 Å². The molecular formula is C27H30N2O3S. The first-order valence-electron chi connectivity index (χ1n) is 11.8. The van der Waals surface area contributed by atoms with Gasteiger partial charge in [0.2, 0.25) is 5.91 Å². The van der Waals surface area contributed by atoms with Crippen LogP contribution in [0.5, 0.6) is 5.75 Å². The predicted molar refractivity (Wildman–Crippen MR) is 132 cm³/mol. The van der Waals surface area contributed by atoms with Crippen molar-refractivity contribution in [3.05, 3.63) is 70.1 Å². The summed E-state index contributed by atoms with van der Waals surface area (Å²) in [6, 6.07) is 16.3. The van der Waals surface area contributed by atoms with Gasteiger partial charge in [-0.2, -0.15) is 0 Å². The molecule has 2 aliphatic carbocycles. The zero-order valence-electron chi connectivity index (χ0n) is 18.9. The second-order valence-electron chi connectivity index (χ2n) is 9.18. The summed E-state index contributed by atoms with van der Waals surface area (Å²) < 4.78 is 5.21. The summed E-state index contributed by atoms with van der Waals surface area (Å²) in [6.45, 7) is 0. The molecule has 4 atom stereocenters. The Bertz CT molecular complexity index is 1070. The molecule has 3 aliphatic rings. The fourth-order valence-electron chi connectivity index (χ4n) is 5.27. The Labute approximate surface area is 199 Å². The van der Waals surface area contributed by atoms with Crippen molar-refractivity contribution >= 4 is 29.7 Å². The summed E-state index contributed by atoms with van der Waals surface area (Å²) in [5.41, 5.74) is 3.60. The largest absolute Gasteiger partial charge is 0.497 e. The predicted octanol–water partition coefficient (Wildman–Crippen LogP) is 4.63. The molecule has 0 aromatic heterocycles. The molecule has 172 valence electrons. The van der Waals surface area contributed by atoms with E-state index < -0.39 is 0 Å². The molecule has 4 unspecified atom stereocenters. The van der Waals surface area contributed by atoms with Crippen molar-refractivity contribution in [2.45, 2.75) is 55.9 Å². The van der Waals surface area contributed by atoms with Crippen LogP contribution in [-0.2, 0) is 16.0 Å². The fraction of sp³-hybridized carbons (Fsp3) is 0.407. The number of rotatable bonds is 4. The molecule has 1 aliphatic heterocycles. The van der Waals surface area contributed by atoms with Crippen LogP contribution in [0.2, 0.25) is 0 Å². The number of carbonyl (C=O) groups excluding carboxylic acids is 2. The third-order valence-electron chi connectivity index (χ3n) is 7.08. The van der Waals surface area contributed by atoms with E-state index >= 15 is 0 Å². The lowest BCUT2D eigenvalue weighted by molar-refractivity contribution is -0.128. The number of thioether (sulfide) groups is 1. The highest BCUT2D eigenvalue weighted by Crippen LogP contribution is 2.40. The number of hydrogen-bond donors (Lipinski definition) is 2. The molecule has 6 heteroatoms. The maximum atomic E-state index is 13.1. The van der Waals surface area contributed by atoms with Gasteiger partial charge in [0.25, 0.3) is 5.91 Å². The number of ether oxygens (including phenoxy) is 1. The first-order chi connectivity index (χ1) is 16.1. The highest BCUT2D eigenvalue weighted by Gasteiger charge is 2.40. The van der Waals surface area contributed by atoms with E-state index in [1.165, 1.54) is 11.1 Å². The van der Waals surface area contributed by atoms with Gasteiger partial charge in [0.1, 0.15) is 5.75 Å². The standard InChI is InChI=1S/C27H30N2O3S/c1-32-20-12-9-17(10-13-20)15-25-27(31)29-23-16-19(11-14-24(23)33-25)26(30)28-22-8-4-6-18-5-2-3-7-21(18)22/h2-3,5,7,9-10,12-13,15,19,22-24H,4,6,8,11,14,16H2,1H3,(H,28,30)(H,29,31)/b25-15+. The summed E-state index contributed by atoms with van der Waals surface area (Å²) in [6.07, 6.45) is 7.62. The number of methoxy groups -OCH3 is 1. The van der Waals surface area contributed by atoms with Crippen molar-refractivity contribution < 1.29 is 14.3 Å². The van der Waals surface area contributed by atoms with Crippen molar-refractivity contribution in [3.8, 4) is 5.75 Å². The molecule has 2 fully saturated rings. The molecule has 2 aromatic rings. The Hall–Kier alpha value is -2.73. The second-order valence-corrected chi connectivity index (χ2v) is 10.5. The average molecular weight is 463 g/mol. The molecule has 2 N–H and O–H groups in total. The van der Waals surface area contributed by atoms with E-state index in [9.17, 15) is 9.59 Å². The number of nitrogens with one attached hydrogen (secondary N) is 2. The van der Waals surface area contributed by atoms with Crippen LogP contribution >= 0.6 is 11.8 Å². The summed E-state index contributed by atoms with van der Waals surface area (Å²) in [4.78, 5) is 26.7. The van der Waals surface area contributed by atoms with Crippen LogP contribution < -0.4 is 15.4 Å². The Morgan fingerprint density at radius 3 is 2.76 bits per heavy atom. The zero-order valence-corrected chi connectivity index (χ0v) is 19.7. The molecule has 1 saturated heterocycles. The Morgan fingerprint density at radius 2 is 1.94 bits per heavy atom. The monoisotopic (exact) mass is 462 g/mol. The SMILES string of the molecule is COc1ccc(/C=C2/SC3CCC(C(=O)NC4CCCc5ccccc54)CC3NC2=O)cc1. The molecule has 1 heterocycles. The van der Waals surface area contributed by atoms with Gasteiger partial charge in [0.05, 0.1) is 18.1 Å². The molecular weight excluding hydrogens is 432 g/mol. The van der Waals surface area contributed by atoms with Crippen LogP contribution in [0.3, 0.4) is 0 Å². The third-order valence-corrected chi connectivity index (χ3v) is 8.50. The van der Waals surface area contributed by atoms with Crippen LogP contribution in [0, 0.1) is 5.92 Å². The highest BCUT2D eigenvalue weighted by atomic mass is 32.2. The van der Waals surface area contributed by atoms with Gasteiger partial charge in [-0.25, -0.2) is 0 Å². The summed E-state index contributed by atoms with van der Waals surface area (Å²) in [7, 11) is 1.64. The summed E-state index contributed by atoms with van der Waals surface area (Å²) in [5, 5.41) is 6.82. The van der Waals surface area contributed by atoms with Gasteiger partial charge < -0.3 is 15.4 Å². The zero-order chi connectivity index (χ0) is 22.8. The van der Waals surface area contributed by atoms with Crippen LogP contribution in [0.1, 0.15) is 54.8 Å². The number of benzene rings is 2. The lowest BCUT2D eigenvalue weighted by Gasteiger charge is -2.39. The van der Waals surface area contributed by atoms with E-state index in [4.69, 9.17) is 4.74 Å². The van der Waals surface area contributed by atoms with E-state index in [0.717, 1.165) is 48.3 Å². The molecule has 1 saturated carbocycles. The number of amides is 2. The third kappa shape index (κ3) is 4.81. The van der Waals surface area contributed by atoms with E-state index in [-0.39, 0.29) is 29.8 Å². The topological polar surface area (TPSA) is 67.4 Å². The van der Waals surface area contributed by atoms with Crippen LogP contribution in [0.25, 0.3) is 6.08 Å². The molecule has 2 amide bonds. The Kier molecular flexibility index (Phi) is 6.45. The normalized spacial score (nSPS) is 27.8. The van der Waals surface area contributed by atoms with E-state index in [1.54, 1.807) is 18.9 Å². The number of aryl methyl sites for hydroxylation is 1. The van der Waals surface area contributed by atoms with Crippen molar-refractivity contribution in [3.63, 3.8) is 0 Å². The van der Waals surface area contributed by atoms with Crippen LogP contribution in [0.15, 0.2) is 53.4 Å². The Morgan fingerprint density at radius 1 is 1.12 bits per heavy atom. The maximum Gasteiger partial charge on any atom is 0.257 e. The smallest absolute Gasteiger partial charge is 0.257 e. The quantitative estimate of drug-likeness (QED) is 0.650. The minimum atomic E-state index is -0.0478. The molecule has 5 rings (SSSR count). The molecule has 2 aromatic carbocycles. The molecule has 0 spiro atoms. The molecule has 5 nitrogen and oxygen atoms in total. The lowest BCUT2D eigenvalue weighted by Crippen LogP contribution is -2.51. The average Bonchev–Trinajstić information content (AvgIpc) is 2.85. The lowest BCUT2D eigenvalue weighted by atomic mass is 9.83. The molecule has 0 bridgehead atoms. The van der Waals surface area contributed by atoms with Crippen LogP contribution in [0.4, 0.5) is 0 Å². The maximum absolute atomic E-state index is 13.1. The first kappa shape index (κ1) is 22.1. The number of carbonyl (C=O) groups is 2. The summed E-state index contributed by atoms with van der Waals surface area (Å²) in [5.74, 6) is 0.841. The van der Waals surface area contributed by atoms with Crippen LogP contribution in [-0.4, -0.2) is 30.2 Å². The molecule has 0 radical (unpaired) electrons. The molecule has 33 heavy (non-hydrogen) atoms. The first-order valence-corrected chi connectivity index (χ1v) is 12.7.